The molecule has 0 bridgehead atoms. The highest BCUT2D eigenvalue weighted by Gasteiger charge is 2.27. The summed E-state index contributed by atoms with van der Waals surface area (Å²) in [5.41, 5.74) is 0.934. The highest BCUT2D eigenvalue weighted by Crippen LogP contribution is 2.19. The number of carbonyl (C=O) groups excluding carboxylic acids is 1. The number of nitrogens with zero attached hydrogens (tertiary/aromatic N) is 3. The van der Waals surface area contributed by atoms with Crippen molar-refractivity contribution in [2.24, 2.45) is 0 Å². The Kier molecular flexibility index (Phi) is 6.48. The number of pyridine rings is 1. The van der Waals surface area contributed by atoms with Crippen LogP contribution in [0.4, 0.5) is 5.82 Å². The van der Waals surface area contributed by atoms with Crippen LogP contribution in [0, 0.1) is 0 Å². The number of anilines is 1. The number of sulfonamides is 1. The summed E-state index contributed by atoms with van der Waals surface area (Å²) >= 11 is 0. The molecule has 162 valence electrons. The van der Waals surface area contributed by atoms with E-state index in [0.717, 1.165) is 22.2 Å². The monoisotopic (exact) mass is 438 g/mol. The number of hydrogen-bond donors (Lipinski definition) is 1. The first-order valence-corrected chi connectivity index (χ1v) is 12.0. The number of hydrogen-bond acceptors (Lipinski definition) is 5. The van der Waals surface area contributed by atoms with Gasteiger partial charge in [0.25, 0.3) is 0 Å². The Labute approximate surface area is 182 Å². The first-order valence-electron chi connectivity index (χ1n) is 10.4. The van der Waals surface area contributed by atoms with Gasteiger partial charge in [0.1, 0.15) is 5.82 Å². The molecular weight excluding hydrogens is 412 g/mol. The molecule has 1 saturated heterocycles. The molecule has 0 saturated carbocycles. The molecule has 4 rings (SSSR count). The van der Waals surface area contributed by atoms with Crippen molar-refractivity contribution in [1.82, 2.24) is 14.6 Å². The van der Waals surface area contributed by atoms with Crippen molar-refractivity contribution in [3.8, 4) is 0 Å². The number of fused-ring (bicyclic) bond motifs is 1. The van der Waals surface area contributed by atoms with Crippen molar-refractivity contribution in [2.45, 2.75) is 6.42 Å². The first kappa shape index (κ1) is 21.3. The van der Waals surface area contributed by atoms with E-state index in [1.165, 1.54) is 4.31 Å². The molecule has 1 amide bonds. The molecule has 1 aromatic heterocycles. The van der Waals surface area contributed by atoms with E-state index in [9.17, 15) is 13.2 Å². The zero-order chi connectivity index (χ0) is 21.7. The van der Waals surface area contributed by atoms with Gasteiger partial charge in [-0.3, -0.25) is 4.79 Å². The van der Waals surface area contributed by atoms with Crippen molar-refractivity contribution >= 4 is 32.5 Å². The third kappa shape index (κ3) is 5.21. The van der Waals surface area contributed by atoms with E-state index in [-0.39, 0.29) is 24.6 Å². The molecule has 2 heterocycles. The molecule has 0 aliphatic carbocycles. The van der Waals surface area contributed by atoms with Gasteiger partial charge in [0.2, 0.25) is 15.9 Å². The van der Waals surface area contributed by atoms with Crippen LogP contribution in [-0.2, 0) is 21.2 Å². The van der Waals surface area contributed by atoms with Gasteiger partial charge in [0.15, 0.2) is 0 Å². The lowest BCUT2D eigenvalue weighted by Crippen LogP contribution is -2.50. The third-order valence-corrected chi connectivity index (χ3v) is 7.39. The Morgan fingerprint density at radius 2 is 1.68 bits per heavy atom. The van der Waals surface area contributed by atoms with Crippen molar-refractivity contribution in [3.63, 3.8) is 0 Å². The van der Waals surface area contributed by atoms with E-state index in [4.69, 9.17) is 0 Å². The Morgan fingerprint density at radius 1 is 0.935 bits per heavy atom. The van der Waals surface area contributed by atoms with E-state index >= 15 is 0 Å². The van der Waals surface area contributed by atoms with Gasteiger partial charge >= 0.3 is 0 Å². The fraction of sp³-hybridized carbons (Fsp3) is 0.304. The van der Waals surface area contributed by atoms with E-state index in [0.29, 0.717) is 26.2 Å². The smallest absolute Gasteiger partial charge is 0.224 e. The fourth-order valence-corrected chi connectivity index (χ4v) is 5.20. The zero-order valence-corrected chi connectivity index (χ0v) is 18.1. The van der Waals surface area contributed by atoms with Crippen LogP contribution < -0.4 is 10.2 Å². The number of piperazine rings is 1. The summed E-state index contributed by atoms with van der Waals surface area (Å²) in [7, 11) is -3.42. The maximum atomic E-state index is 12.7. The maximum absolute atomic E-state index is 12.7. The predicted octanol–water partition coefficient (Wildman–Crippen LogP) is 2.05. The summed E-state index contributed by atoms with van der Waals surface area (Å²) in [6.07, 6.45) is 1.96. The lowest BCUT2D eigenvalue weighted by Gasteiger charge is -2.34. The summed E-state index contributed by atoms with van der Waals surface area (Å²) in [6.45, 7) is 2.14. The van der Waals surface area contributed by atoms with Crippen LogP contribution in [0.2, 0.25) is 0 Å². The first-order chi connectivity index (χ1) is 15.0. The van der Waals surface area contributed by atoms with Crippen LogP contribution in [0.25, 0.3) is 10.8 Å². The van der Waals surface area contributed by atoms with Crippen LogP contribution >= 0.6 is 0 Å². The molecule has 1 N–H and O–H groups in total. The van der Waals surface area contributed by atoms with E-state index in [2.05, 4.69) is 15.2 Å². The van der Waals surface area contributed by atoms with Crippen LogP contribution in [0.15, 0.2) is 66.9 Å². The highest BCUT2D eigenvalue weighted by molar-refractivity contribution is 7.89. The Bertz CT molecular complexity index is 1140. The van der Waals surface area contributed by atoms with Gasteiger partial charge in [-0.15, -0.1) is 0 Å². The van der Waals surface area contributed by atoms with Gasteiger partial charge in [0, 0.05) is 38.9 Å². The third-order valence-electron chi connectivity index (χ3n) is 5.52. The normalized spacial score (nSPS) is 15.2. The van der Waals surface area contributed by atoms with Crippen LogP contribution in [0.3, 0.4) is 0 Å². The summed E-state index contributed by atoms with van der Waals surface area (Å²) in [4.78, 5) is 18.8. The number of aromatic nitrogens is 1. The zero-order valence-electron chi connectivity index (χ0n) is 17.3. The van der Waals surface area contributed by atoms with Crippen molar-refractivity contribution in [3.05, 3.63) is 72.4 Å². The van der Waals surface area contributed by atoms with E-state index in [1.807, 2.05) is 60.7 Å². The largest absolute Gasteiger partial charge is 0.355 e. The fourth-order valence-electron chi connectivity index (χ4n) is 3.87. The molecule has 1 aliphatic rings. The lowest BCUT2D eigenvalue weighted by atomic mass is 10.0. The van der Waals surface area contributed by atoms with Crippen LogP contribution in [-0.4, -0.2) is 62.1 Å². The SMILES string of the molecule is O=C(Cc1cccc2ccccc12)NCCS(=O)(=O)N1CCN(c2ccccn2)CC1. The van der Waals surface area contributed by atoms with Gasteiger partial charge in [-0.05, 0) is 28.5 Å². The quantitative estimate of drug-likeness (QED) is 0.611. The molecule has 1 aliphatic heterocycles. The molecule has 0 unspecified atom stereocenters. The minimum atomic E-state index is -3.42. The number of amides is 1. The average Bonchev–Trinajstić information content (AvgIpc) is 2.80. The summed E-state index contributed by atoms with van der Waals surface area (Å²) in [5, 5.41) is 4.88. The molecule has 2 aromatic carbocycles. The topological polar surface area (TPSA) is 82.6 Å². The van der Waals surface area contributed by atoms with Crippen molar-refractivity contribution < 1.29 is 13.2 Å². The Hall–Kier alpha value is -2.97. The minimum Gasteiger partial charge on any atom is -0.355 e. The summed E-state index contributed by atoms with van der Waals surface area (Å²) < 4.78 is 26.9. The molecule has 0 atom stereocenters. The molecule has 1 fully saturated rings. The van der Waals surface area contributed by atoms with Crippen LogP contribution in [0.5, 0.6) is 0 Å². The maximum Gasteiger partial charge on any atom is 0.224 e. The molecule has 8 heteroatoms. The van der Waals surface area contributed by atoms with Crippen molar-refractivity contribution in [1.29, 1.82) is 0 Å². The summed E-state index contributed by atoms with van der Waals surface area (Å²) in [6, 6.07) is 19.5. The second kappa shape index (κ2) is 9.45. The number of rotatable bonds is 7. The molecule has 0 radical (unpaired) electrons. The van der Waals surface area contributed by atoms with Crippen LogP contribution in [0.1, 0.15) is 5.56 Å². The second-order valence-corrected chi connectivity index (χ2v) is 9.64. The van der Waals surface area contributed by atoms with Gasteiger partial charge in [-0.2, -0.15) is 4.31 Å². The number of carbonyl (C=O) groups is 1. The molecule has 7 nitrogen and oxygen atoms in total. The predicted molar refractivity (Wildman–Crippen MR) is 122 cm³/mol. The molecule has 31 heavy (non-hydrogen) atoms. The summed E-state index contributed by atoms with van der Waals surface area (Å²) in [5.74, 6) is 0.587. The number of nitrogens with one attached hydrogen (secondary N) is 1. The van der Waals surface area contributed by atoms with Gasteiger partial charge in [-0.1, -0.05) is 48.5 Å². The van der Waals surface area contributed by atoms with Gasteiger partial charge in [0.05, 0.1) is 12.2 Å². The van der Waals surface area contributed by atoms with Crippen molar-refractivity contribution in [2.75, 3.05) is 43.4 Å². The van der Waals surface area contributed by atoms with E-state index < -0.39 is 10.0 Å². The standard InChI is InChI=1S/C23H26N4O3S/c28-23(18-20-8-5-7-19-6-1-2-9-21(19)20)25-12-17-31(29,30)27-15-13-26(14-16-27)22-10-3-4-11-24-22/h1-11H,12-18H2,(H,25,28). The second-order valence-electron chi connectivity index (χ2n) is 7.56. The molecular formula is C23H26N4O3S. The van der Waals surface area contributed by atoms with Gasteiger partial charge in [-0.25, -0.2) is 13.4 Å². The van der Waals surface area contributed by atoms with E-state index in [1.54, 1.807) is 6.20 Å². The highest BCUT2D eigenvalue weighted by atomic mass is 32.2. The molecule has 3 aromatic rings. The number of benzene rings is 2. The lowest BCUT2D eigenvalue weighted by molar-refractivity contribution is -0.120. The van der Waals surface area contributed by atoms with Gasteiger partial charge < -0.3 is 10.2 Å². The molecule has 0 spiro atoms. The Balaban J connectivity index is 1.26. The minimum absolute atomic E-state index is 0.0993. The average molecular weight is 439 g/mol. The Morgan fingerprint density at radius 3 is 2.45 bits per heavy atom.